The van der Waals surface area contributed by atoms with Gasteiger partial charge in [0.15, 0.2) is 0 Å². The van der Waals surface area contributed by atoms with E-state index < -0.39 is 10.0 Å². The van der Waals surface area contributed by atoms with Crippen LogP contribution in [0.1, 0.15) is 80.5 Å². The molecule has 10 heteroatoms. The van der Waals surface area contributed by atoms with Crippen LogP contribution in [0.3, 0.4) is 0 Å². The molecule has 3 aliphatic rings. The van der Waals surface area contributed by atoms with Gasteiger partial charge in [0.25, 0.3) is 0 Å². The summed E-state index contributed by atoms with van der Waals surface area (Å²) in [7, 11) is -3.48. The van der Waals surface area contributed by atoms with E-state index in [2.05, 4.69) is 58.0 Å². The Bertz CT molecular complexity index is 1440. The summed E-state index contributed by atoms with van der Waals surface area (Å²) in [6.45, 7) is 5.46. The van der Waals surface area contributed by atoms with E-state index in [-0.39, 0.29) is 23.9 Å². The van der Waals surface area contributed by atoms with Crippen LogP contribution in [0.25, 0.3) is 0 Å². The lowest BCUT2D eigenvalue weighted by atomic mass is 9.77. The number of ether oxygens (including phenoxy) is 3. The van der Waals surface area contributed by atoms with Gasteiger partial charge in [-0.2, -0.15) is 0 Å². The Hall–Kier alpha value is -3.21. The normalized spacial score (nSPS) is 23.1. The largest absolute Gasteiger partial charge is 0.493 e. The number of aromatic nitrogens is 2. The number of rotatable bonds is 15. The quantitative estimate of drug-likeness (QED) is 0.193. The molecule has 3 N–H and O–H groups in total. The molecule has 1 aliphatic carbocycles. The molecule has 2 aliphatic heterocycles. The summed E-state index contributed by atoms with van der Waals surface area (Å²) in [5.41, 5.74) is 8.67. The number of sulfonamides is 1. The number of hydrogen-bond acceptors (Lipinski definition) is 8. The first-order valence-electron chi connectivity index (χ1n) is 16.3. The molecule has 2 bridgehead atoms. The van der Waals surface area contributed by atoms with Gasteiger partial charge < -0.3 is 19.9 Å². The summed E-state index contributed by atoms with van der Waals surface area (Å²) in [5, 5.41) is 0. The average Bonchev–Trinajstić information content (AvgIpc) is 3.02. The number of fused-ring (bicyclic) bond motifs is 5. The minimum atomic E-state index is -3.48. The molecule has 6 rings (SSSR count). The van der Waals surface area contributed by atoms with Crippen molar-refractivity contribution in [3.8, 4) is 11.5 Å². The first-order valence-corrected chi connectivity index (χ1v) is 18.2. The number of benzene rings is 2. The maximum absolute atomic E-state index is 11.7. The van der Waals surface area contributed by atoms with Crippen molar-refractivity contribution in [2.75, 3.05) is 37.3 Å². The Labute approximate surface area is 268 Å². The third kappa shape index (κ3) is 9.89. The van der Waals surface area contributed by atoms with Crippen molar-refractivity contribution >= 4 is 16.0 Å². The van der Waals surface area contributed by atoms with Gasteiger partial charge in [0.05, 0.1) is 12.9 Å². The molecular weight excluding hydrogens is 588 g/mol. The molecule has 244 valence electrons. The van der Waals surface area contributed by atoms with Crippen molar-refractivity contribution in [3.05, 3.63) is 77.6 Å². The Morgan fingerprint density at radius 2 is 1.60 bits per heavy atom. The van der Waals surface area contributed by atoms with Gasteiger partial charge in [0.1, 0.15) is 17.6 Å². The van der Waals surface area contributed by atoms with Crippen LogP contribution in [0.5, 0.6) is 11.5 Å². The van der Waals surface area contributed by atoms with Crippen LogP contribution in [0.2, 0.25) is 0 Å². The third-order valence-electron chi connectivity index (χ3n) is 9.10. The Kier molecular flexibility index (Phi) is 11.7. The molecule has 3 atom stereocenters. The van der Waals surface area contributed by atoms with E-state index in [1.165, 1.54) is 31.2 Å². The number of anilines is 1. The lowest BCUT2D eigenvalue weighted by molar-refractivity contribution is 0.0694. The highest BCUT2D eigenvalue weighted by molar-refractivity contribution is 7.91. The molecule has 1 fully saturated rings. The number of nitrogens with zero attached hydrogens (tertiary/aromatic N) is 2. The molecular formula is C35H48N4O5S. The van der Waals surface area contributed by atoms with E-state index in [0.717, 1.165) is 68.9 Å². The van der Waals surface area contributed by atoms with Crippen molar-refractivity contribution in [2.45, 2.75) is 76.2 Å². The average molecular weight is 637 g/mol. The summed E-state index contributed by atoms with van der Waals surface area (Å²) in [6.07, 6.45) is 11.0. The number of nitrogens with one attached hydrogen (secondary N) is 1. The first-order chi connectivity index (χ1) is 21.8. The molecule has 2 aromatic carbocycles. The number of unbranched alkanes of at least 4 members (excludes halogenated alkanes) is 2. The predicted molar refractivity (Wildman–Crippen MR) is 177 cm³/mol. The molecule has 3 aromatic rings. The maximum atomic E-state index is 11.7. The fraction of sp³-hybridized carbons (Fsp3) is 0.543. The highest BCUT2D eigenvalue weighted by atomic mass is 32.2. The van der Waals surface area contributed by atoms with E-state index in [1.54, 1.807) is 12.3 Å². The summed E-state index contributed by atoms with van der Waals surface area (Å²) >= 11 is 0. The van der Waals surface area contributed by atoms with Gasteiger partial charge in [-0.05, 0) is 111 Å². The highest BCUT2D eigenvalue weighted by Crippen LogP contribution is 2.41. The second kappa shape index (κ2) is 15.9. The monoisotopic (exact) mass is 636 g/mol. The van der Waals surface area contributed by atoms with Crippen molar-refractivity contribution in [1.29, 1.82) is 0 Å². The van der Waals surface area contributed by atoms with Gasteiger partial charge in [0, 0.05) is 37.4 Å². The molecule has 0 saturated heterocycles. The van der Waals surface area contributed by atoms with Gasteiger partial charge >= 0.3 is 0 Å². The standard InChI is InChI=1S/C35H48N4O5S/c1-25-28-10-16-32(17-11-28)44-33(22-30-18-20-37-35(38-30)39-45(2,40)41)34(25)29-12-14-31(15-13-29)43-24-27-8-6-26(7-9-27)23-42-21-5-3-4-19-36/h10-18,20,25-27,33-34H,3-9,19,21-24,36H2,1-2H3,(H,37,38,39)/t25-,26?,27?,33?,34+/m0/s1. The predicted octanol–water partition coefficient (Wildman–Crippen LogP) is 6.07. The van der Waals surface area contributed by atoms with Gasteiger partial charge in [0.2, 0.25) is 16.0 Å². The van der Waals surface area contributed by atoms with Crippen LogP contribution in [-0.4, -0.2) is 57.1 Å². The van der Waals surface area contributed by atoms with Crippen molar-refractivity contribution in [2.24, 2.45) is 17.6 Å². The van der Waals surface area contributed by atoms with Crippen LogP contribution in [0, 0.1) is 11.8 Å². The van der Waals surface area contributed by atoms with Crippen LogP contribution in [0.15, 0.2) is 60.8 Å². The molecule has 45 heavy (non-hydrogen) atoms. The Morgan fingerprint density at radius 1 is 0.911 bits per heavy atom. The summed E-state index contributed by atoms with van der Waals surface area (Å²) < 4.78 is 44.6. The van der Waals surface area contributed by atoms with Gasteiger partial charge in [-0.25, -0.2) is 18.4 Å². The van der Waals surface area contributed by atoms with Crippen molar-refractivity contribution in [1.82, 2.24) is 9.97 Å². The third-order valence-corrected chi connectivity index (χ3v) is 9.65. The minimum absolute atomic E-state index is 0.0402. The van der Waals surface area contributed by atoms with Crippen LogP contribution in [0.4, 0.5) is 5.95 Å². The molecule has 1 saturated carbocycles. The minimum Gasteiger partial charge on any atom is -0.493 e. The molecule has 1 aromatic heterocycles. The summed E-state index contributed by atoms with van der Waals surface area (Å²) in [6, 6.07) is 18.5. The number of nitrogens with two attached hydrogens (primary N) is 1. The molecule has 0 spiro atoms. The van der Waals surface area contributed by atoms with E-state index in [0.29, 0.717) is 24.0 Å². The zero-order valence-electron chi connectivity index (χ0n) is 26.6. The van der Waals surface area contributed by atoms with E-state index >= 15 is 0 Å². The van der Waals surface area contributed by atoms with Crippen LogP contribution in [-0.2, 0) is 21.2 Å². The molecule has 0 amide bonds. The molecule has 1 unspecified atom stereocenters. The topological polar surface area (TPSA) is 126 Å². The fourth-order valence-electron chi connectivity index (χ4n) is 6.57. The van der Waals surface area contributed by atoms with E-state index in [9.17, 15) is 8.42 Å². The summed E-state index contributed by atoms with van der Waals surface area (Å²) in [5.74, 6) is 3.20. The van der Waals surface area contributed by atoms with Crippen molar-refractivity contribution < 1.29 is 22.6 Å². The van der Waals surface area contributed by atoms with E-state index in [1.807, 2.05) is 12.1 Å². The molecule has 9 nitrogen and oxygen atoms in total. The smallest absolute Gasteiger partial charge is 0.236 e. The zero-order chi connectivity index (χ0) is 31.6. The summed E-state index contributed by atoms with van der Waals surface area (Å²) in [4.78, 5) is 8.55. The van der Waals surface area contributed by atoms with Gasteiger partial charge in [-0.15, -0.1) is 0 Å². The maximum Gasteiger partial charge on any atom is 0.236 e. The van der Waals surface area contributed by atoms with Crippen LogP contribution < -0.4 is 19.9 Å². The fourth-order valence-corrected chi connectivity index (χ4v) is 7.00. The van der Waals surface area contributed by atoms with Crippen LogP contribution >= 0.6 is 0 Å². The second-order valence-electron chi connectivity index (χ2n) is 12.7. The highest BCUT2D eigenvalue weighted by Gasteiger charge is 2.33. The SMILES string of the molecule is C[C@H]1c2ccc(cc2)OC(Cc2ccnc(NS(C)(=O)=O)n2)[C@H]1c1ccc(OCC2CCC(COCCCCCN)CC2)cc1. The second-order valence-corrected chi connectivity index (χ2v) is 14.4. The van der Waals surface area contributed by atoms with Crippen molar-refractivity contribution in [3.63, 3.8) is 0 Å². The van der Waals surface area contributed by atoms with Gasteiger partial charge in [-0.3, -0.25) is 4.72 Å². The zero-order valence-corrected chi connectivity index (χ0v) is 27.4. The van der Waals surface area contributed by atoms with E-state index in [4.69, 9.17) is 19.9 Å². The van der Waals surface area contributed by atoms with Gasteiger partial charge in [-0.1, -0.05) is 31.2 Å². The Morgan fingerprint density at radius 3 is 2.29 bits per heavy atom. The lowest BCUT2D eigenvalue weighted by Crippen LogP contribution is -2.33. The lowest BCUT2D eigenvalue weighted by Gasteiger charge is -2.35. The molecule has 3 heterocycles. The number of hydrogen-bond donors (Lipinski definition) is 2. The Balaban J connectivity index is 1.19. The molecule has 0 radical (unpaired) electrons. The first kappa shape index (κ1) is 33.2.